The Bertz CT molecular complexity index is 967. The molecule has 5 nitrogen and oxygen atoms in total. The van der Waals surface area contributed by atoms with Crippen LogP contribution in [0.1, 0.15) is 15.3 Å². The lowest BCUT2D eigenvalue weighted by molar-refractivity contribution is -0.129. The van der Waals surface area contributed by atoms with Gasteiger partial charge in [-0.1, -0.05) is 18.2 Å². The van der Waals surface area contributed by atoms with E-state index >= 15 is 0 Å². The number of aryl methyl sites for hydroxylation is 1. The van der Waals surface area contributed by atoms with Crippen LogP contribution in [0.5, 0.6) is 0 Å². The van der Waals surface area contributed by atoms with E-state index in [1.165, 1.54) is 0 Å². The normalized spacial score (nSPS) is 15.6. The fourth-order valence-electron chi connectivity index (χ4n) is 2.36. The van der Waals surface area contributed by atoms with Crippen LogP contribution >= 0.6 is 11.3 Å². The highest BCUT2D eigenvalue weighted by atomic mass is 32.1. The Hall–Kier alpha value is -2.99. The quantitative estimate of drug-likeness (QED) is 0.543. The standard InChI is InChI=1S/C18H13N3O2S/c1-12-7-8-16(24-12)17-20-15(18(22)23-17)9-13-10-19-21(11-13)14-5-3-2-4-6-14/h2-11H,1H3/b15-9-. The Morgan fingerprint density at radius 3 is 2.75 bits per heavy atom. The topological polar surface area (TPSA) is 56.5 Å². The first-order valence-corrected chi connectivity index (χ1v) is 8.20. The van der Waals surface area contributed by atoms with E-state index in [1.54, 1.807) is 28.3 Å². The fourth-order valence-corrected chi connectivity index (χ4v) is 3.15. The lowest BCUT2D eigenvalue weighted by Crippen LogP contribution is -2.03. The molecule has 0 N–H and O–H groups in total. The molecular formula is C18H13N3O2S. The predicted octanol–water partition coefficient (Wildman–Crippen LogP) is 3.59. The van der Waals surface area contributed by atoms with Crippen molar-refractivity contribution in [3.05, 3.63) is 75.9 Å². The van der Waals surface area contributed by atoms with E-state index < -0.39 is 5.97 Å². The molecule has 1 aliphatic heterocycles. The number of rotatable bonds is 3. The van der Waals surface area contributed by atoms with E-state index in [4.69, 9.17) is 4.74 Å². The Balaban J connectivity index is 1.63. The van der Waals surface area contributed by atoms with E-state index in [1.807, 2.05) is 55.6 Å². The molecule has 0 radical (unpaired) electrons. The first-order valence-electron chi connectivity index (χ1n) is 7.38. The van der Waals surface area contributed by atoms with Gasteiger partial charge in [0.25, 0.3) is 0 Å². The molecule has 6 heteroatoms. The zero-order chi connectivity index (χ0) is 16.5. The van der Waals surface area contributed by atoms with Gasteiger partial charge in [-0.05, 0) is 37.3 Å². The molecule has 0 bridgehead atoms. The van der Waals surface area contributed by atoms with E-state index in [0.29, 0.717) is 5.90 Å². The Morgan fingerprint density at radius 2 is 2.00 bits per heavy atom. The third kappa shape index (κ3) is 2.79. The average Bonchev–Trinajstić information content (AvgIpc) is 3.30. The summed E-state index contributed by atoms with van der Waals surface area (Å²) in [5.41, 5.74) is 2.02. The van der Waals surface area contributed by atoms with Gasteiger partial charge >= 0.3 is 5.97 Å². The third-order valence-electron chi connectivity index (χ3n) is 3.50. The molecule has 1 aliphatic rings. The van der Waals surface area contributed by atoms with Gasteiger partial charge in [0.2, 0.25) is 5.90 Å². The molecule has 118 valence electrons. The molecule has 4 rings (SSSR count). The minimum absolute atomic E-state index is 0.281. The number of carbonyl (C=O) groups is 1. The highest BCUT2D eigenvalue weighted by Gasteiger charge is 2.25. The number of aromatic nitrogens is 2. The first kappa shape index (κ1) is 14.6. The van der Waals surface area contributed by atoms with E-state index in [9.17, 15) is 4.79 Å². The monoisotopic (exact) mass is 335 g/mol. The maximum Gasteiger partial charge on any atom is 0.363 e. The lowest BCUT2D eigenvalue weighted by atomic mass is 10.3. The van der Waals surface area contributed by atoms with Crippen molar-refractivity contribution >= 4 is 29.3 Å². The van der Waals surface area contributed by atoms with Crippen molar-refractivity contribution in [1.82, 2.24) is 9.78 Å². The summed E-state index contributed by atoms with van der Waals surface area (Å²) >= 11 is 1.55. The maximum absolute atomic E-state index is 12.0. The van der Waals surface area contributed by atoms with Gasteiger partial charge < -0.3 is 4.74 Å². The lowest BCUT2D eigenvalue weighted by Gasteiger charge is -1.98. The summed E-state index contributed by atoms with van der Waals surface area (Å²) in [6.07, 6.45) is 5.22. The highest BCUT2D eigenvalue weighted by Crippen LogP contribution is 2.23. The Labute approximate surface area is 142 Å². The van der Waals surface area contributed by atoms with E-state index in [0.717, 1.165) is 21.0 Å². The largest absolute Gasteiger partial charge is 0.401 e. The summed E-state index contributed by atoms with van der Waals surface area (Å²) in [6, 6.07) is 13.6. The first-order chi connectivity index (χ1) is 11.7. The molecule has 0 saturated heterocycles. The fraction of sp³-hybridized carbons (Fsp3) is 0.0556. The molecule has 0 amide bonds. The molecular weight excluding hydrogens is 322 g/mol. The van der Waals surface area contributed by atoms with Gasteiger partial charge in [0.05, 0.1) is 16.8 Å². The van der Waals surface area contributed by atoms with E-state index in [2.05, 4.69) is 10.1 Å². The smallest absolute Gasteiger partial charge is 0.363 e. The second-order valence-corrected chi connectivity index (χ2v) is 6.59. The summed E-state index contributed by atoms with van der Waals surface area (Å²) in [6.45, 7) is 2.00. The van der Waals surface area contributed by atoms with Crippen LogP contribution in [0.15, 0.2) is 65.5 Å². The van der Waals surface area contributed by atoms with Crippen molar-refractivity contribution in [2.24, 2.45) is 4.99 Å². The molecule has 0 unspecified atom stereocenters. The molecule has 1 aromatic carbocycles. The molecule has 0 atom stereocenters. The molecule has 3 heterocycles. The third-order valence-corrected chi connectivity index (χ3v) is 4.49. The molecule has 0 saturated carbocycles. The van der Waals surface area contributed by atoms with Crippen LogP contribution in [-0.2, 0) is 9.53 Å². The molecule has 0 fully saturated rings. The van der Waals surface area contributed by atoms with Crippen LogP contribution in [0.4, 0.5) is 0 Å². The van der Waals surface area contributed by atoms with Crippen molar-refractivity contribution in [2.45, 2.75) is 6.92 Å². The number of benzene rings is 1. The van der Waals surface area contributed by atoms with Crippen LogP contribution in [-0.4, -0.2) is 21.6 Å². The molecule has 2 aromatic heterocycles. The summed E-state index contributed by atoms with van der Waals surface area (Å²) in [7, 11) is 0. The van der Waals surface area contributed by atoms with Crippen molar-refractivity contribution in [3.8, 4) is 5.69 Å². The van der Waals surface area contributed by atoms with Crippen LogP contribution < -0.4 is 0 Å². The Morgan fingerprint density at radius 1 is 1.17 bits per heavy atom. The molecule has 3 aromatic rings. The second-order valence-electron chi connectivity index (χ2n) is 5.30. The van der Waals surface area contributed by atoms with Crippen molar-refractivity contribution in [3.63, 3.8) is 0 Å². The summed E-state index contributed by atoms with van der Waals surface area (Å²) in [4.78, 5) is 18.3. The van der Waals surface area contributed by atoms with Crippen molar-refractivity contribution in [2.75, 3.05) is 0 Å². The van der Waals surface area contributed by atoms with Gasteiger partial charge in [-0.2, -0.15) is 5.10 Å². The number of hydrogen-bond acceptors (Lipinski definition) is 5. The zero-order valence-electron chi connectivity index (χ0n) is 12.8. The van der Waals surface area contributed by atoms with Crippen molar-refractivity contribution < 1.29 is 9.53 Å². The van der Waals surface area contributed by atoms with Gasteiger partial charge in [0.1, 0.15) is 0 Å². The number of esters is 1. The van der Waals surface area contributed by atoms with Crippen LogP contribution in [0.3, 0.4) is 0 Å². The summed E-state index contributed by atoms with van der Waals surface area (Å²) in [5, 5.41) is 4.31. The van der Waals surface area contributed by atoms with Gasteiger partial charge in [-0.15, -0.1) is 11.3 Å². The second kappa shape index (κ2) is 5.90. The number of nitrogens with zero attached hydrogens (tertiary/aromatic N) is 3. The summed E-state index contributed by atoms with van der Waals surface area (Å²) < 4.78 is 7.01. The van der Waals surface area contributed by atoms with E-state index in [-0.39, 0.29) is 5.70 Å². The number of para-hydroxylation sites is 1. The van der Waals surface area contributed by atoms with Gasteiger partial charge in [0.15, 0.2) is 5.70 Å². The Kier molecular flexibility index (Phi) is 3.59. The van der Waals surface area contributed by atoms with Gasteiger partial charge in [-0.3, -0.25) is 0 Å². The van der Waals surface area contributed by atoms with Gasteiger partial charge in [0, 0.05) is 16.6 Å². The SMILES string of the molecule is Cc1ccc(C2=N/C(=C\c3cnn(-c4ccccc4)c3)C(=O)O2)s1. The van der Waals surface area contributed by atoms with Crippen LogP contribution in [0, 0.1) is 6.92 Å². The number of hydrogen-bond donors (Lipinski definition) is 0. The number of ether oxygens (including phenoxy) is 1. The molecule has 0 spiro atoms. The number of aliphatic imine (C=N–C) groups is 1. The van der Waals surface area contributed by atoms with Gasteiger partial charge in [-0.25, -0.2) is 14.5 Å². The maximum atomic E-state index is 12.0. The number of carbonyl (C=O) groups excluding carboxylic acids is 1. The highest BCUT2D eigenvalue weighted by molar-refractivity contribution is 7.14. The van der Waals surface area contributed by atoms with Crippen molar-refractivity contribution in [1.29, 1.82) is 0 Å². The zero-order valence-corrected chi connectivity index (χ0v) is 13.7. The average molecular weight is 335 g/mol. The predicted molar refractivity (Wildman–Crippen MR) is 93.2 cm³/mol. The number of thiophene rings is 1. The van der Waals surface area contributed by atoms with Crippen LogP contribution in [0.2, 0.25) is 0 Å². The number of cyclic esters (lactones) is 1. The molecule has 24 heavy (non-hydrogen) atoms. The molecule has 0 aliphatic carbocycles. The minimum Gasteiger partial charge on any atom is -0.401 e. The van der Waals surface area contributed by atoms with Crippen LogP contribution in [0.25, 0.3) is 11.8 Å². The summed E-state index contributed by atoms with van der Waals surface area (Å²) in [5.74, 6) is -0.0803. The minimum atomic E-state index is -0.441.